The smallest absolute Gasteiger partial charge is 0.161 e. The number of aromatic amines is 1. The molecule has 2 aromatic rings. The van der Waals surface area contributed by atoms with E-state index in [1.807, 2.05) is 26.8 Å². The number of phenols is 1. The van der Waals surface area contributed by atoms with Crippen molar-refractivity contribution >= 4 is 0 Å². The summed E-state index contributed by atoms with van der Waals surface area (Å²) in [4.78, 5) is 7.62. The summed E-state index contributed by atoms with van der Waals surface area (Å²) in [6.45, 7) is 6.34. The first-order valence-electron chi connectivity index (χ1n) is 5.61. The molecule has 90 valence electrons. The molecule has 17 heavy (non-hydrogen) atoms. The van der Waals surface area contributed by atoms with Crippen molar-refractivity contribution in [2.24, 2.45) is 0 Å². The molecule has 0 saturated heterocycles. The SMILES string of the molecule is CCOc1cc(-c2nc(C)c(C)[nH]2)ccc1O. The van der Waals surface area contributed by atoms with Gasteiger partial charge in [-0.2, -0.15) is 0 Å². The van der Waals surface area contributed by atoms with E-state index in [2.05, 4.69) is 9.97 Å². The zero-order valence-electron chi connectivity index (χ0n) is 10.2. The summed E-state index contributed by atoms with van der Waals surface area (Å²) in [7, 11) is 0. The molecular weight excluding hydrogens is 216 g/mol. The Balaban J connectivity index is 2.42. The molecule has 2 rings (SSSR count). The van der Waals surface area contributed by atoms with Crippen LogP contribution in [0.3, 0.4) is 0 Å². The first kappa shape index (κ1) is 11.5. The molecule has 1 aromatic carbocycles. The molecule has 2 N–H and O–H groups in total. The Kier molecular flexibility index (Phi) is 3.04. The minimum Gasteiger partial charge on any atom is -0.504 e. The molecule has 1 heterocycles. The number of hydrogen-bond donors (Lipinski definition) is 2. The third-order valence-corrected chi connectivity index (χ3v) is 2.66. The molecule has 4 heteroatoms. The van der Waals surface area contributed by atoms with Crippen molar-refractivity contribution in [2.45, 2.75) is 20.8 Å². The van der Waals surface area contributed by atoms with E-state index < -0.39 is 0 Å². The molecule has 4 nitrogen and oxygen atoms in total. The highest BCUT2D eigenvalue weighted by Gasteiger charge is 2.09. The van der Waals surface area contributed by atoms with Crippen LogP contribution in [0.2, 0.25) is 0 Å². The van der Waals surface area contributed by atoms with Gasteiger partial charge in [0.1, 0.15) is 5.82 Å². The van der Waals surface area contributed by atoms with Gasteiger partial charge in [0.25, 0.3) is 0 Å². The van der Waals surface area contributed by atoms with E-state index >= 15 is 0 Å². The van der Waals surface area contributed by atoms with Gasteiger partial charge in [-0.3, -0.25) is 0 Å². The van der Waals surface area contributed by atoms with E-state index in [0.29, 0.717) is 12.4 Å². The average molecular weight is 232 g/mol. The van der Waals surface area contributed by atoms with Gasteiger partial charge in [-0.05, 0) is 39.0 Å². The van der Waals surface area contributed by atoms with E-state index in [9.17, 15) is 5.11 Å². The number of imidazole rings is 1. The number of aryl methyl sites for hydroxylation is 2. The second-order valence-electron chi connectivity index (χ2n) is 3.91. The van der Waals surface area contributed by atoms with Crippen LogP contribution in [-0.4, -0.2) is 21.7 Å². The fourth-order valence-corrected chi connectivity index (χ4v) is 1.62. The molecule has 0 aliphatic heterocycles. The molecule has 1 aromatic heterocycles. The monoisotopic (exact) mass is 232 g/mol. The minimum atomic E-state index is 0.149. The zero-order chi connectivity index (χ0) is 12.4. The van der Waals surface area contributed by atoms with Gasteiger partial charge in [0.15, 0.2) is 11.5 Å². The molecule has 0 radical (unpaired) electrons. The number of nitrogens with zero attached hydrogens (tertiary/aromatic N) is 1. The number of rotatable bonds is 3. The van der Waals surface area contributed by atoms with E-state index in [1.165, 1.54) is 0 Å². The van der Waals surface area contributed by atoms with Crippen LogP contribution in [0, 0.1) is 13.8 Å². The topological polar surface area (TPSA) is 58.1 Å². The second-order valence-corrected chi connectivity index (χ2v) is 3.91. The Morgan fingerprint density at radius 3 is 2.71 bits per heavy atom. The third kappa shape index (κ3) is 2.25. The maximum Gasteiger partial charge on any atom is 0.161 e. The van der Waals surface area contributed by atoms with Crippen LogP contribution in [0.1, 0.15) is 18.3 Å². The summed E-state index contributed by atoms with van der Waals surface area (Å²) in [5, 5.41) is 9.62. The lowest BCUT2D eigenvalue weighted by Crippen LogP contribution is -1.92. The lowest BCUT2D eigenvalue weighted by atomic mass is 10.2. The van der Waals surface area contributed by atoms with Gasteiger partial charge >= 0.3 is 0 Å². The number of hydrogen-bond acceptors (Lipinski definition) is 3. The first-order chi connectivity index (χ1) is 8.11. The fourth-order valence-electron chi connectivity index (χ4n) is 1.62. The predicted molar refractivity (Wildman–Crippen MR) is 66.3 cm³/mol. The average Bonchev–Trinajstić information content (AvgIpc) is 2.63. The van der Waals surface area contributed by atoms with Gasteiger partial charge < -0.3 is 14.8 Å². The number of nitrogens with one attached hydrogen (secondary N) is 1. The largest absolute Gasteiger partial charge is 0.504 e. The lowest BCUT2D eigenvalue weighted by molar-refractivity contribution is 0.318. The molecule has 0 amide bonds. The summed E-state index contributed by atoms with van der Waals surface area (Å²) >= 11 is 0. The highest BCUT2D eigenvalue weighted by molar-refractivity contribution is 5.61. The Morgan fingerprint density at radius 1 is 1.35 bits per heavy atom. The molecule has 0 saturated carbocycles. The van der Waals surface area contributed by atoms with Crippen molar-refractivity contribution in [2.75, 3.05) is 6.61 Å². The van der Waals surface area contributed by atoms with E-state index in [4.69, 9.17) is 4.74 Å². The van der Waals surface area contributed by atoms with Crippen LogP contribution in [-0.2, 0) is 0 Å². The van der Waals surface area contributed by atoms with Gasteiger partial charge in [-0.15, -0.1) is 0 Å². The molecule has 0 aliphatic rings. The number of aromatic hydroxyl groups is 1. The summed E-state index contributed by atoms with van der Waals surface area (Å²) in [5.41, 5.74) is 2.93. The molecule has 0 atom stereocenters. The third-order valence-electron chi connectivity index (χ3n) is 2.66. The Hall–Kier alpha value is -1.97. The van der Waals surface area contributed by atoms with E-state index in [-0.39, 0.29) is 5.75 Å². The van der Waals surface area contributed by atoms with Gasteiger partial charge in [0, 0.05) is 11.3 Å². The Morgan fingerprint density at radius 2 is 2.12 bits per heavy atom. The normalized spacial score (nSPS) is 10.5. The molecule has 0 fully saturated rings. The van der Waals surface area contributed by atoms with Crippen molar-refractivity contribution in [1.82, 2.24) is 9.97 Å². The van der Waals surface area contributed by atoms with E-state index in [1.54, 1.807) is 12.1 Å². The maximum atomic E-state index is 9.62. The van der Waals surface area contributed by atoms with Crippen molar-refractivity contribution in [3.8, 4) is 22.9 Å². The first-order valence-corrected chi connectivity index (χ1v) is 5.61. The van der Waals surface area contributed by atoms with Crippen LogP contribution >= 0.6 is 0 Å². The van der Waals surface area contributed by atoms with Crippen molar-refractivity contribution < 1.29 is 9.84 Å². The van der Waals surface area contributed by atoms with Crippen LogP contribution < -0.4 is 4.74 Å². The van der Waals surface area contributed by atoms with Crippen molar-refractivity contribution in [1.29, 1.82) is 0 Å². The lowest BCUT2D eigenvalue weighted by Gasteiger charge is -2.06. The number of phenolic OH excluding ortho intramolecular Hbond substituents is 1. The van der Waals surface area contributed by atoms with Crippen molar-refractivity contribution in [3.63, 3.8) is 0 Å². The number of benzene rings is 1. The Bertz CT molecular complexity index is 513. The predicted octanol–water partition coefficient (Wildman–Crippen LogP) is 2.80. The maximum absolute atomic E-state index is 9.62. The van der Waals surface area contributed by atoms with Gasteiger partial charge in [-0.25, -0.2) is 4.98 Å². The highest BCUT2D eigenvalue weighted by Crippen LogP contribution is 2.30. The highest BCUT2D eigenvalue weighted by atomic mass is 16.5. The number of ether oxygens (including phenoxy) is 1. The van der Waals surface area contributed by atoms with Gasteiger partial charge in [0.2, 0.25) is 0 Å². The zero-order valence-corrected chi connectivity index (χ0v) is 10.2. The standard InChI is InChI=1S/C13H16N2O2/c1-4-17-12-7-10(5-6-11(12)16)13-14-8(2)9(3)15-13/h5-7,16H,4H2,1-3H3,(H,14,15). The van der Waals surface area contributed by atoms with Crippen LogP contribution in [0.4, 0.5) is 0 Å². The summed E-state index contributed by atoms with van der Waals surface area (Å²) in [6.07, 6.45) is 0. The molecule has 0 spiro atoms. The van der Waals surface area contributed by atoms with Gasteiger partial charge in [-0.1, -0.05) is 0 Å². The van der Waals surface area contributed by atoms with Crippen LogP contribution in [0.15, 0.2) is 18.2 Å². The second kappa shape index (κ2) is 4.49. The number of aromatic nitrogens is 2. The molecule has 0 unspecified atom stereocenters. The quantitative estimate of drug-likeness (QED) is 0.855. The molecular formula is C13H16N2O2. The van der Waals surface area contributed by atoms with Crippen molar-refractivity contribution in [3.05, 3.63) is 29.6 Å². The van der Waals surface area contributed by atoms with Gasteiger partial charge in [0.05, 0.1) is 12.3 Å². The minimum absolute atomic E-state index is 0.149. The molecule has 0 bridgehead atoms. The van der Waals surface area contributed by atoms with E-state index in [0.717, 1.165) is 22.8 Å². The summed E-state index contributed by atoms with van der Waals surface area (Å²) in [6, 6.07) is 5.22. The van der Waals surface area contributed by atoms with Crippen LogP contribution in [0.25, 0.3) is 11.4 Å². The fraction of sp³-hybridized carbons (Fsp3) is 0.308. The van der Waals surface area contributed by atoms with Crippen LogP contribution in [0.5, 0.6) is 11.5 Å². The molecule has 0 aliphatic carbocycles. The Labute approximate surface area is 100 Å². The number of H-pyrrole nitrogens is 1. The summed E-state index contributed by atoms with van der Waals surface area (Å²) < 4.78 is 5.34. The summed E-state index contributed by atoms with van der Waals surface area (Å²) in [5.74, 6) is 1.42.